The molecule has 2 aromatic carbocycles. The van der Waals surface area contributed by atoms with Crippen LogP contribution >= 0.6 is 0 Å². The summed E-state index contributed by atoms with van der Waals surface area (Å²) in [7, 11) is 1.08. The van der Waals surface area contributed by atoms with E-state index < -0.39 is 12.1 Å². The van der Waals surface area contributed by atoms with E-state index >= 15 is 0 Å². The molecule has 0 aliphatic carbocycles. The second kappa shape index (κ2) is 5.67. The number of hydrogen-bond acceptors (Lipinski definition) is 3. The van der Waals surface area contributed by atoms with Gasteiger partial charge in [0.25, 0.3) is 0 Å². The maximum absolute atomic E-state index is 12.5. The normalized spacial score (nSPS) is 11.7. The van der Waals surface area contributed by atoms with Gasteiger partial charge in [-0.1, -0.05) is 6.07 Å². The summed E-state index contributed by atoms with van der Waals surface area (Å²) in [6, 6.07) is 11.5. The molecular formula is C17H13F3N2O2. The van der Waals surface area contributed by atoms with E-state index in [0.717, 1.165) is 12.6 Å². The van der Waals surface area contributed by atoms with E-state index in [9.17, 15) is 18.0 Å². The zero-order valence-electron chi connectivity index (χ0n) is 12.9. The number of benzene rings is 2. The highest BCUT2D eigenvalue weighted by atomic mass is 19.4. The van der Waals surface area contributed by atoms with E-state index in [1.165, 1.54) is 12.1 Å². The Morgan fingerprint density at radius 3 is 2.42 bits per heavy atom. The van der Waals surface area contributed by atoms with Crippen LogP contribution in [-0.4, -0.2) is 24.1 Å². The first-order valence-electron chi connectivity index (χ1n) is 7.08. The number of carbonyl (C=O) groups excluding carboxylic acids is 1. The summed E-state index contributed by atoms with van der Waals surface area (Å²) in [4.78, 5) is 16.2. The highest BCUT2D eigenvalue weighted by Gasteiger charge is 2.41. The molecule has 3 aromatic rings. The summed E-state index contributed by atoms with van der Waals surface area (Å²) < 4.78 is 43.0. The molecule has 0 spiro atoms. The summed E-state index contributed by atoms with van der Waals surface area (Å²) in [5, 5.41) is 0. The minimum Gasteiger partial charge on any atom is -0.436 e. The molecular weight excluding hydrogens is 321 g/mol. The van der Waals surface area contributed by atoms with Crippen LogP contribution in [0.1, 0.15) is 5.56 Å². The second-order valence-corrected chi connectivity index (χ2v) is 5.40. The summed E-state index contributed by atoms with van der Waals surface area (Å²) in [5.41, 5.74) is 3.13. The highest BCUT2D eigenvalue weighted by Crippen LogP contribution is 2.28. The van der Waals surface area contributed by atoms with Crippen molar-refractivity contribution < 1.29 is 22.4 Å². The van der Waals surface area contributed by atoms with Gasteiger partial charge in [-0.3, -0.25) is 4.79 Å². The number of aryl methyl sites for hydroxylation is 1. The van der Waals surface area contributed by atoms with Gasteiger partial charge in [-0.15, -0.1) is 0 Å². The molecule has 124 valence electrons. The number of anilines is 1. The fourth-order valence-electron chi connectivity index (χ4n) is 2.30. The van der Waals surface area contributed by atoms with Crippen LogP contribution in [0.3, 0.4) is 0 Å². The molecule has 0 aliphatic heterocycles. The number of nitrogens with zero attached hydrogens (tertiary/aromatic N) is 2. The third-order valence-corrected chi connectivity index (χ3v) is 3.59. The average Bonchev–Trinajstić information content (AvgIpc) is 2.95. The maximum Gasteiger partial charge on any atom is 0.471 e. The van der Waals surface area contributed by atoms with Crippen molar-refractivity contribution in [3.8, 4) is 11.5 Å². The van der Waals surface area contributed by atoms with Gasteiger partial charge in [-0.05, 0) is 48.9 Å². The molecule has 0 N–H and O–H groups in total. The Balaban J connectivity index is 1.89. The van der Waals surface area contributed by atoms with E-state index in [2.05, 4.69) is 4.98 Å². The topological polar surface area (TPSA) is 46.3 Å². The number of amides is 1. The Hall–Kier alpha value is -2.83. The van der Waals surface area contributed by atoms with Crippen LogP contribution in [-0.2, 0) is 4.79 Å². The number of aromatic nitrogens is 1. The number of rotatable bonds is 2. The van der Waals surface area contributed by atoms with Gasteiger partial charge < -0.3 is 9.32 Å². The third kappa shape index (κ3) is 2.97. The molecule has 0 fully saturated rings. The molecule has 0 atom stereocenters. The molecule has 24 heavy (non-hydrogen) atoms. The summed E-state index contributed by atoms with van der Waals surface area (Å²) >= 11 is 0. The van der Waals surface area contributed by atoms with Crippen LogP contribution in [0.25, 0.3) is 22.6 Å². The van der Waals surface area contributed by atoms with Crippen LogP contribution in [0.2, 0.25) is 0 Å². The van der Waals surface area contributed by atoms with E-state index in [1.54, 1.807) is 12.1 Å². The first-order valence-corrected chi connectivity index (χ1v) is 7.08. The van der Waals surface area contributed by atoms with Crippen LogP contribution < -0.4 is 4.90 Å². The lowest BCUT2D eigenvalue weighted by Gasteiger charge is -2.18. The molecule has 0 saturated heterocycles. The van der Waals surface area contributed by atoms with Gasteiger partial charge in [-0.2, -0.15) is 13.2 Å². The van der Waals surface area contributed by atoms with Gasteiger partial charge in [0.05, 0.1) is 0 Å². The third-order valence-electron chi connectivity index (χ3n) is 3.59. The lowest BCUT2D eigenvalue weighted by molar-refractivity contribution is -0.170. The SMILES string of the molecule is Cc1ccc2oc(-c3ccc(N(C)C(=O)C(F)(F)F)cc3)nc2c1. The molecule has 0 aliphatic rings. The van der Waals surface area contributed by atoms with Crippen LogP contribution in [0.15, 0.2) is 46.9 Å². The second-order valence-electron chi connectivity index (χ2n) is 5.40. The quantitative estimate of drug-likeness (QED) is 0.701. The lowest BCUT2D eigenvalue weighted by atomic mass is 10.2. The van der Waals surface area contributed by atoms with E-state index in [4.69, 9.17) is 4.42 Å². The first-order chi connectivity index (χ1) is 11.3. The Morgan fingerprint density at radius 1 is 1.12 bits per heavy atom. The molecule has 0 radical (unpaired) electrons. The minimum atomic E-state index is -4.91. The smallest absolute Gasteiger partial charge is 0.436 e. The monoisotopic (exact) mass is 334 g/mol. The van der Waals surface area contributed by atoms with E-state index in [-0.39, 0.29) is 5.69 Å². The average molecular weight is 334 g/mol. The predicted molar refractivity (Wildman–Crippen MR) is 83.6 cm³/mol. The first kappa shape index (κ1) is 16.0. The Morgan fingerprint density at radius 2 is 1.79 bits per heavy atom. The van der Waals surface area contributed by atoms with E-state index in [0.29, 0.717) is 27.5 Å². The molecule has 1 aromatic heterocycles. The van der Waals surface area contributed by atoms with Crippen LogP contribution in [0, 0.1) is 6.92 Å². The van der Waals surface area contributed by atoms with Gasteiger partial charge in [0.2, 0.25) is 5.89 Å². The van der Waals surface area contributed by atoms with Gasteiger partial charge in [0, 0.05) is 18.3 Å². The lowest BCUT2D eigenvalue weighted by Crippen LogP contribution is -2.38. The molecule has 4 nitrogen and oxygen atoms in total. The molecule has 0 saturated carbocycles. The number of halogens is 3. The summed E-state index contributed by atoms with van der Waals surface area (Å²) in [5.74, 6) is -1.56. The van der Waals surface area contributed by atoms with Crippen molar-refractivity contribution in [2.45, 2.75) is 13.1 Å². The zero-order valence-corrected chi connectivity index (χ0v) is 12.9. The van der Waals surface area contributed by atoms with Crippen molar-refractivity contribution in [2.24, 2.45) is 0 Å². The number of alkyl halides is 3. The molecule has 0 bridgehead atoms. The van der Waals surface area contributed by atoms with Crippen molar-refractivity contribution in [1.82, 2.24) is 4.98 Å². The van der Waals surface area contributed by atoms with Crippen molar-refractivity contribution >= 4 is 22.7 Å². The fraction of sp³-hybridized carbons (Fsp3) is 0.176. The van der Waals surface area contributed by atoms with Gasteiger partial charge in [0.15, 0.2) is 5.58 Å². The fourth-order valence-corrected chi connectivity index (χ4v) is 2.30. The maximum atomic E-state index is 12.5. The van der Waals surface area contributed by atoms with Crippen molar-refractivity contribution in [3.05, 3.63) is 48.0 Å². The van der Waals surface area contributed by atoms with Gasteiger partial charge >= 0.3 is 12.1 Å². The van der Waals surface area contributed by atoms with Crippen molar-refractivity contribution in [3.63, 3.8) is 0 Å². The highest BCUT2D eigenvalue weighted by molar-refractivity contribution is 5.96. The Bertz CT molecular complexity index is 898. The molecule has 3 rings (SSSR count). The number of oxazole rings is 1. The summed E-state index contributed by atoms with van der Waals surface area (Å²) in [6.45, 7) is 1.94. The minimum absolute atomic E-state index is 0.132. The standard InChI is InChI=1S/C17H13F3N2O2/c1-10-3-8-14-13(9-10)21-15(24-14)11-4-6-12(7-5-11)22(2)16(23)17(18,19)20/h3-9H,1-2H3. The number of carbonyl (C=O) groups is 1. The molecule has 7 heteroatoms. The largest absolute Gasteiger partial charge is 0.471 e. The van der Waals surface area contributed by atoms with Crippen LogP contribution in [0.4, 0.5) is 18.9 Å². The van der Waals surface area contributed by atoms with Crippen molar-refractivity contribution in [1.29, 1.82) is 0 Å². The number of hydrogen-bond donors (Lipinski definition) is 0. The number of fused-ring (bicyclic) bond motifs is 1. The Kier molecular flexibility index (Phi) is 3.79. The van der Waals surface area contributed by atoms with Crippen LogP contribution in [0.5, 0.6) is 0 Å². The molecule has 0 unspecified atom stereocenters. The predicted octanol–water partition coefficient (Wildman–Crippen LogP) is 4.33. The van der Waals surface area contributed by atoms with Gasteiger partial charge in [-0.25, -0.2) is 4.98 Å². The van der Waals surface area contributed by atoms with Gasteiger partial charge in [0.1, 0.15) is 5.52 Å². The van der Waals surface area contributed by atoms with Crippen molar-refractivity contribution in [2.75, 3.05) is 11.9 Å². The Labute approximate surface area is 135 Å². The zero-order chi connectivity index (χ0) is 17.5. The summed E-state index contributed by atoms with van der Waals surface area (Å²) in [6.07, 6.45) is -4.91. The molecule has 1 amide bonds. The molecule has 1 heterocycles. The van der Waals surface area contributed by atoms with E-state index in [1.807, 2.05) is 25.1 Å².